The summed E-state index contributed by atoms with van der Waals surface area (Å²) >= 11 is 3.19. The van der Waals surface area contributed by atoms with E-state index in [0.717, 1.165) is 12.5 Å². The van der Waals surface area contributed by atoms with E-state index in [1.165, 1.54) is 12.1 Å². The second-order valence-corrected chi connectivity index (χ2v) is 5.99. The Bertz CT molecular complexity index is 440. The van der Waals surface area contributed by atoms with Crippen LogP contribution in [0, 0.1) is 5.41 Å². The molecule has 0 spiro atoms. The summed E-state index contributed by atoms with van der Waals surface area (Å²) in [5, 5.41) is 2.97. The zero-order chi connectivity index (χ0) is 12.8. The van der Waals surface area contributed by atoms with Crippen molar-refractivity contribution in [1.29, 1.82) is 0 Å². The van der Waals surface area contributed by atoms with Crippen LogP contribution in [0.15, 0.2) is 22.7 Å². The predicted octanol–water partition coefficient (Wildman–Crippen LogP) is 4.68. The second-order valence-electron chi connectivity index (χ2n) is 5.08. The normalized spacial score (nSPS) is 22.4. The standard InChI is InChI=1S/C12H13BrF3N/c1-11(2)6-10(11)17-9-5-7(13)3-4-8(9)12(14,15)16/h3-5,10,17H,6H2,1-2H3. The van der Waals surface area contributed by atoms with E-state index in [0.29, 0.717) is 4.47 Å². The van der Waals surface area contributed by atoms with Crippen molar-refractivity contribution in [2.24, 2.45) is 5.41 Å². The van der Waals surface area contributed by atoms with Gasteiger partial charge in [-0.15, -0.1) is 0 Å². The van der Waals surface area contributed by atoms with Gasteiger partial charge in [0, 0.05) is 16.2 Å². The van der Waals surface area contributed by atoms with Gasteiger partial charge in [-0.1, -0.05) is 29.8 Å². The highest BCUT2D eigenvalue weighted by atomic mass is 79.9. The third-order valence-electron chi connectivity index (χ3n) is 3.13. The molecule has 1 fully saturated rings. The van der Waals surface area contributed by atoms with Gasteiger partial charge in [0.25, 0.3) is 0 Å². The molecule has 1 aliphatic rings. The third kappa shape index (κ3) is 2.76. The molecule has 0 aromatic heterocycles. The van der Waals surface area contributed by atoms with E-state index in [4.69, 9.17) is 0 Å². The first-order valence-corrected chi connectivity index (χ1v) is 6.13. The first kappa shape index (κ1) is 12.7. The number of benzene rings is 1. The molecule has 1 unspecified atom stereocenters. The molecule has 1 aromatic rings. The van der Waals surface area contributed by atoms with Crippen LogP contribution < -0.4 is 5.32 Å². The lowest BCUT2D eigenvalue weighted by molar-refractivity contribution is -0.137. The minimum Gasteiger partial charge on any atom is -0.381 e. The van der Waals surface area contributed by atoms with Crippen molar-refractivity contribution < 1.29 is 13.2 Å². The lowest BCUT2D eigenvalue weighted by Gasteiger charge is -2.16. The minimum absolute atomic E-state index is 0.0885. The van der Waals surface area contributed by atoms with Crippen LogP contribution in [-0.4, -0.2) is 6.04 Å². The Kier molecular flexibility index (Phi) is 2.92. The molecule has 0 amide bonds. The maximum Gasteiger partial charge on any atom is 0.418 e. The summed E-state index contributed by atoms with van der Waals surface area (Å²) in [5.41, 5.74) is -0.364. The van der Waals surface area contributed by atoms with Crippen molar-refractivity contribution in [2.75, 3.05) is 5.32 Å². The quantitative estimate of drug-likeness (QED) is 0.836. The Morgan fingerprint density at radius 3 is 2.41 bits per heavy atom. The Labute approximate surface area is 107 Å². The molecule has 1 nitrogen and oxygen atoms in total. The van der Waals surface area contributed by atoms with E-state index in [2.05, 4.69) is 21.2 Å². The molecular weight excluding hydrogens is 295 g/mol. The van der Waals surface area contributed by atoms with Crippen molar-refractivity contribution in [1.82, 2.24) is 0 Å². The number of halogens is 4. The lowest BCUT2D eigenvalue weighted by atomic mass is 10.1. The topological polar surface area (TPSA) is 12.0 Å². The van der Waals surface area contributed by atoms with E-state index in [9.17, 15) is 13.2 Å². The summed E-state index contributed by atoms with van der Waals surface area (Å²) in [6.07, 6.45) is -3.42. The zero-order valence-corrected chi connectivity index (χ0v) is 11.1. The summed E-state index contributed by atoms with van der Waals surface area (Å²) in [6.45, 7) is 4.08. The van der Waals surface area contributed by atoms with Gasteiger partial charge in [-0.2, -0.15) is 13.2 Å². The van der Waals surface area contributed by atoms with E-state index in [1.54, 1.807) is 0 Å². The van der Waals surface area contributed by atoms with Crippen molar-refractivity contribution in [3.8, 4) is 0 Å². The largest absolute Gasteiger partial charge is 0.418 e. The molecular formula is C12H13BrF3N. The highest BCUT2D eigenvalue weighted by molar-refractivity contribution is 9.10. The van der Waals surface area contributed by atoms with Gasteiger partial charge in [0.05, 0.1) is 5.56 Å². The lowest BCUT2D eigenvalue weighted by Crippen LogP contribution is -2.14. The molecule has 0 aliphatic heterocycles. The first-order chi connectivity index (χ1) is 7.70. The van der Waals surface area contributed by atoms with Gasteiger partial charge in [0.1, 0.15) is 0 Å². The summed E-state index contributed by atoms with van der Waals surface area (Å²) in [4.78, 5) is 0. The van der Waals surface area contributed by atoms with E-state index < -0.39 is 11.7 Å². The molecule has 1 atom stereocenters. The number of hydrogen-bond donors (Lipinski definition) is 1. The van der Waals surface area contributed by atoms with Crippen LogP contribution in [0.5, 0.6) is 0 Å². The number of anilines is 1. The Morgan fingerprint density at radius 2 is 1.94 bits per heavy atom. The molecule has 94 valence electrons. The third-order valence-corrected chi connectivity index (χ3v) is 3.62. The van der Waals surface area contributed by atoms with Crippen LogP contribution >= 0.6 is 15.9 Å². The number of alkyl halides is 3. The van der Waals surface area contributed by atoms with Crippen molar-refractivity contribution in [3.05, 3.63) is 28.2 Å². The average Bonchev–Trinajstić information content (AvgIpc) is 2.71. The molecule has 0 saturated heterocycles. The summed E-state index contributed by atoms with van der Waals surface area (Å²) in [5.74, 6) is 0. The molecule has 17 heavy (non-hydrogen) atoms. The van der Waals surface area contributed by atoms with Gasteiger partial charge in [-0.25, -0.2) is 0 Å². The van der Waals surface area contributed by atoms with Crippen LogP contribution in [0.2, 0.25) is 0 Å². The van der Waals surface area contributed by atoms with Gasteiger partial charge in [0.15, 0.2) is 0 Å². The Balaban J connectivity index is 2.28. The van der Waals surface area contributed by atoms with Crippen molar-refractivity contribution >= 4 is 21.6 Å². The molecule has 0 radical (unpaired) electrons. The van der Waals surface area contributed by atoms with Crippen LogP contribution in [-0.2, 0) is 6.18 Å². The predicted molar refractivity (Wildman–Crippen MR) is 65.0 cm³/mol. The SMILES string of the molecule is CC1(C)CC1Nc1cc(Br)ccc1C(F)(F)F. The first-order valence-electron chi connectivity index (χ1n) is 5.33. The summed E-state index contributed by atoms with van der Waals surface area (Å²) < 4.78 is 39.0. The monoisotopic (exact) mass is 307 g/mol. The molecule has 0 heterocycles. The molecule has 1 aromatic carbocycles. The van der Waals surface area contributed by atoms with Gasteiger partial charge in [-0.3, -0.25) is 0 Å². The molecule has 0 bridgehead atoms. The van der Waals surface area contributed by atoms with E-state index in [1.807, 2.05) is 13.8 Å². The van der Waals surface area contributed by atoms with Crippen molar-refractivity contribution in [3.63, 3.8) is 0 Å². The number of rotatable bonds is 2. The Hall–Kier alpha value is -0.710. The van der Waals surface area contributed by atoms with Crippen LogP contribution in [0.1, 0.15) is 25.8 Å². The highest BCUT2D eigenvalue weighted by Crippen LogP contribution is 2.48. The average molecular weight is 308 g/mol. The zero-order valence-electron chi connectivity index (χ0n) is 9.53. The van der Waals surface area contributed by atoms with Crippen LogP contribution in [0.3, 0.4) is 0 Å². The maximum atomic E-state index is 12.8. The van der Waals surface area contributed by atoms with Crippen molar-refractivity contribution in [2.45, 2.75) is 32.5 Å². The fourth-order valence-corrected chi connectivity index (χ4v) is 2.15. The highest BCUT2D eigenvalue weighted by Gasteiger charge is 2.46. The van der Waals surface area contributed by atoms with Gasteiger partial charge >= 0.3 is 6.18 Å². The number of hydrogen-bond acceptors (Lipinski definition) is 1. The summed E-state index contributed by atoms with van der Waals surface area (Å²) in [7, 11) is 0. The fraction of sp³-hybridized carbons (Fsp3) is 0.500. The number of nitrogens with one attached hydrogen (secondary N) is 1. The second kappa shape index (κ2) is 3.90. The smallest absolute Gasteiger partial charge is 0.381 e. The van der Waals surface area contributed by atoms with E-state index >= 15 is 0 Å². The summed E-state index contributed by atoms with van der Waals surface area (Å²) in [6, 6.07) is 4.11. The molecule has 1 saturated carbocycles. The fourth-order valence-electron chi connectivity index (χ4n) is 1.78. The van der Waals surface area contributed by atoms with Gasteiger partial charge in [-0.05, 0) is 30.0 Å². The van der Waals surface area contributed by atoms with Crippen LogP contribution in [0.4, 0.5) is 18.9 Å². The van der Waals surface area contributed by atoms with Gasteiger partial charge < -0.3 is 5.32 Å². The molecule has 2 rings (SSSR count). The van der Waals surface area contributed by atoms with Gasteiger partial charge in [0.2, 0.25) is 0 Å². The van der Waals surface area contributed by atoms with E-state index in [-0.39, 0.29) is 17.1 Å². The molecule has 1 N–H and O–H groups in total. The maximum absolute atomic E-state index is 12.8. The molecule has 5 heteroatoms. The minimum atomic E-state index is -4.32. The Morgan fingerprint density at radius 1 is 1.35 bits per heavy atom. The van der Waals surface area contributed by atoms with Crippen LogP contribution in [0.25, 0.3) is 0 Å². The molecule has 1 aliphatic carbocycles.